The van der Waals surface area contributed by atoms with E-state index in [0.29, 0.717) is 5.56 Å². The predicted molar refractivity (Wildman–Crippen MR) is 103 cm³/mol. The van der Waals surface area contributed by atoms with Gasteiger partial charge in [0.15, 0.2) is 0 Å². The van der Waals surface area contributed by atoms with E-state index in [0.717, 1.165) is 47.7 Å². The van der Waals surface area contributed by atoms with Crippen LogP contribution in [0.1, 0.15) is 36.0 Å². The predicted octanol–water partition coefficient (Wildman–Crippen LogP) is 3.94. The van der Waals surface area contributed by atoms with Crippen molar-refractivity contribution in [1.82, 2.24) is 10.3 Å². The van der Waals surface area contributed by atoms with Crippen LogP contribution < -0.4 is 5.32 Å². The Bertz CT molecular complexity index is 916. The second-order valence-corrected chi connectivity index (χ2v) is 6.89. The molecule has 2 aromatic carbocycles. The summed E-state index contributed by atoms with van der Waals surface area (Å²) in [7, 11) is 0. The van der Waals surface area contributed by atoms with E-state index in [1.165, 1.54) is 0 Å². The first kappa shape index (κ1) is 16.7. The van der Waals surface area contributed by atoms with Gasteiger partial charge in [0.05, 0.1) is 17.8 Å². The number of aliphatic hydroxyl groups excluding tert-OH is 1. The molecule has 1 aliphatic carbocycles. The lowest BCUT2D eigenvalue weighted by Crippen LogP contribution is -2.45. The highest BCUT2D eigenvalue weighted by Gasteiger charge is 2.24. The summed E-state index contributed by atoms with van der Waals surface area (Å²) in [5.74, 6) is -0.131. The van der Waals surface area contributed by atoms with E-state index in [1.807, 2.05) is 48.7 Å². The Kier molecular flexibility index (Phi) is 4.67. The summed E-state index contributed by atoms with van der Waals surface area (Å²) < 4.78 is 0. The number of aromatic nitrogens is 1. The van der Waals surface area contributed by atoms with Crippen LogP contribution >= 0.6 is 0 Å². The smallest absolute Gasteiger partial charge is 0.251 e. The summed E-state index contributed by atoms with van der Waals surface area (Å²) in [5.41, 5.74) is 2.50. The molecule has 0 radical (unpaired) electrons. The SMILES string of the molecule is O=C(NC1CCCCC1O)c1ccc(-c2nccc3ccccc23)cc1. The van der Waals surface area contributed by atoms with Crippen molar-refractivity contribution in [3.8, 4) is 11.3 Å². The van der Waals surface area contributed by atoms with Gasteiger partial charge in [0.25, 0.3) is 5.91 Å². The highest BCUT2D eigenvalue weighted by atomic mass is 16.3. The molecular weight excluding hydrogens is 324 g/mol. The maximum Gasteiger partial charge on any atom is 0.251 e. The average Bonchev–Trinajstić information content (AvgIpc) is 2.69. The zero-order valence-electron chi connectivity index (χ0n) is 14.6. The third-order valence-corrected chi connectivity index (χ3v) is 5.14. The van der Waals surface area contributed by atoms with Crippen molar-refractivity contribution in [2.75, 3.05) is 0 Å². The van der Waals surface area contributed by atoms with E-state index >= 15 is 0 Å². The van der Waals surface area contributed by atoms with Gasteiger partial charge >= 0.3 is 0 Å². The van der Waals surface area contributed by atoms with E-state index in [2.05, 4.69) is 22.4 Å². The van der Waals surface area contributed by atoms with E-state index in [-0.39, 0.29) is 11.9 Å². The van der Waals surface area contributed by atoms with Crippen LogP contribution in [0.2, 0.25) is 0 Å². The van der Waals surface area contributed by atoms with Crippen molar-refractivity contribution in [3.05, 3.63) is 66.4 Å². The number of nitrogens with one attached hydrogen (secondary N) is 1. The van der Waals surface area contributed by atoms with Crippen molar-refractivity contribution in [2.45, 2.75) is 37.8 Å². The molecule has 1 aromatic heterocycles. The van der Waals surface area contributed by atoms with Crippen LogP contribution in [-0.4, -0.2) is 28.1 Å². The summed E-state index contributed by atoms with van der Waals surface area (Å²) in [6.07, 6.45) is 5.05. The van der Waals surface area contributed by atoms with Crippen molar-refractivity contribution >= 4 is 16.7 Å². The third-order valence-electron chi connectivity index (χ3n) is 5.14. The highest BCUT2D eigenvalue weighted by molar-refractivity contribution is 5.97. The van der Waals surface area contributed by atoms with Crippen molar-refractivity contribution < 1.29 is 9.90 Å². The Labute approximate surface area is 152 Å². The molecule has 1 aliphatic rings. The third kappa shape index (κ3) is 3.33. The molecule has 2 N–H and O–H groups in total. The minimum atomic E-state index is -0.438. The number of carbonyl (C=O) groups excluding carboxylic acids is 1. The van der Waals surface area contributed by atoms with Crippen LogP contribution in [0.25, 0.3) is 22.0 Å². The van der Waals surface area contributed by atoms with Crippen LogP contribution in [-0.2, 0) is 0 Å². The normalized spacial score (nSPS) is 20.0. The number of carbonyl (C=O) groups is 1. The van der Waals surface area contributed by atoms with Gasteiger partial charge in [0.2, 0.25) is 0 Å². The lowest BCUT2D eigenvalue weighted by molar-refractivity contribution is 0.0717. The molecule has 0 spiro atoms. The second-order valence-electron chi connectivity index (χ2n) is 6.89. The molecule has 4 heteroatoms. The molecule has 4 rings (SSSR count). The molecule has 1 amide bonds. The van der Waals surface area contributed by atoms with Gasteiger partial charge in [0.1, 0.15) is 0 Å². The molecule has 2 unspecified atom stereocenters. The van der Waals surface area contributed by atoms with Gasteiger partial charge in [-0.05, 0) is 36.4 Å². The Morgan fingerprint density at radius 3 is 2.58 bits per heavy atom. The van der Waals surface area contributed by atoms with Crippen LogP contribution in [0.5, 0.6) is 0 Å². The van der Waals surface area contributed by atoms with Crippen LogP contribution in [0.3, 0.4) is 0 Å². The number of pyridine rings is 1. The molecular formula is C22H22N2O2. The van der Waals surface area contributed by atoms with Crippen molar-refractivity contribution in [3.63, 3.8) is 0 Å². The molecule has 1 fully saturated rings. The van der Waals surface area contributed by atoms with Crippen LogP contribution in [0.15, 0.2) is 60.8 Å². The van der Waals surface area contributed by atoms with Crippen LogP contribution in [0.4, 0.5) is 0 Å². The van der Waals surface area contributed by atoms with Crippen LogP contribution in [0, 0.1) is 0 Å². The van der Waals surface area contributed by atoms with Gasteiger partial charge in [-0.1, -0.05) is 49.2 Å². The summed E-state index contributed by atoms with van der Waals surface area (Å²) in [6, 6.07) is 17.5. The molecule has 132 valence electrons. The zero-order valence-corrected chi connectivity index (χ0v) is 14.6. The number of hydrogen-bond donors (Lipinski definition) is 2. The van der Waals surface area contributed by atoms with E-state index in [4.69, 9.17) is 0 Å². The fraction of sp³-hybridized carbons (Fsp3) is 0.273. The average molecular weight is 346 g/mol. The quantitative estimate of drug-likeness (QED) is 0.755. The molecule has 0 saturated heterocycles. The number of benzene rings is 2. The number of hydrogen-bond acceptors (Lipinski definition) is 3. The van der Waals surface area contributed by atoms with Gasteiger partial charge in [-0.25, -0.2) is 0 Å². The Hall–Kier alpha value is -2.72. The molecule has 2 atom stereocenters. The number of rotatable bonds is 3. The highest BCUT2D eigenvalue weighted by Crippen LogP contribution is 2.26. The van der Waals surface area contributed by atoms with E-state index in [1.54, 1.807) is 0 Å². The lowest BCUT2D eigenvalue weighted by Gasteiger charge is -2.28. The minimum Gasteiger partial charge on any atom is -0.391 e. The van der Waals surface area contributed by atoms with Gasteiger partial charge in [-0.15, -0.1) is 0 Å². The molecule has 1 heterocycles. The Morgan fingerprint density at radius 2 is 1.77 bits per heavy atom. The van der Waals surface area contributed by atoms with Crippen molar-refractivity contribution in [2.24, 2.45) is 0 Å². The fourth-order valence-corrected chi connectivity index (χ4v) is 3.66. The molecule has 1 saturated carbocycles. The number of amides is 1. The maximum atomic E-state index is 12.5. The lowest BCUT2D eigenvalue weighted by atomic mass is 9.92. The monoisotopic (exact) mass is 346 g/mol. The first-order valence-corrected chi connectivity index (χ1v) is 9.15. The largest absolute Gasteiger partial charge is 0.391 e. The van der Waals surface area contributed by atoms with Gasteiger partial charge in [-0.3, -0.25) is 9.78 Å². The van der Waals surface area contributed by atoms with Gasteiger partial charge < -0.3 is 10.4 Å². The molecule has 3 aromatic rings. The Balaban J connectivity index is 1.55. The van der Waals surface area contributed by atoms with Gasteiger partial charge in [0, 0.05) is 22.7 Å². The molecule has 0 aliphatic heterocycles. The summed E-state index contributed by atoms with van der Waals surface area (Å²) in [4.78, 5) is 17.0. The summed E-state index contributed by atoms with van der Waals surface area (Å²) in [5, 5.41) is 15.2. The molecule has 26 heavy (non-hydrogen) atoms. The summed E-state index contributed by atoms with van der Waals surface area (Å²) in [6.45, 7) is 0. The first-order valence-electron chi connectivity index (χ1n) is 9.15. The first-order chi connectivity index (χ1) is 12.7. The second kappa shape index (κ2) is 7.26. The van der Waals surface area contributed by atoms with Crippen molar-refractivity contribution in [1.29, 1.82) is 0 Å². The molecule has 4 nitrogen and oxygen atoms in total. The standard InChI is InChI=1S/C22H22N2O2/c25-20-8-4-3-7-19(20)24-22(26)17-11-9-16(10-12-17)21-18-6-2-1-5-15(18)13-14-23-21/h1-2,5-6,9-14,19-20,25H,3-4,7-8H2,(H,24,26). The molecule has 0 bridgehead atoms. The minimum absolute atomic E-state index is 0.131. The number of fused-ring (bicyclic) bond motifs is 1. The zero-order chi connectivity index (χ0) is 17.9. The maximum absolute atomic E-state index is 12.5. The topological polar surface area (TPSA) is 62.2 Å². The van der Waals surface area contributed by atoms with E-state index < -0.39 is 6.10 Å². The fourth-order valence-electron chi connectivity index (χ4n) is 3.66. The number of nitrogens with zero attached hydrogens (tertiary/aromatic N) is 1. The van der Waals surface area contributed by atoms with E-state index in [9.17, 15) is 9.90 Å². The summed E-state index contributed by atoms with van der Waals surface area (Å²) >= 11 is 0. The van der Waals surface area contributed by atoms with Gasteiger partial charge in [-0.2, -0.15) is 0 Å². The number of aliphatic hydroxyl groups is 1. The Morgan fingerprint density at radius 1 is 1.00 bits per heavy atom.